The van der Waals surface area contributed by atoms with Crippen molar-refractivity contribution in [1.82, 2.24) is 5.32 Å². The zero-order valence-corrected chi connectivity index (χ0v) is 13.2. The summed E-state index contributed by atoms with van der Waals surface area (Å²) >= 11 is 2.01. The molecule has 1 aliphatic rings. The first-order valence-corrected chi connectivity index (χ1v) is 8.68. The highest BCUT2D eigenvalue weighted by atomic mass is 32.2. The quantitative estimate of drug-likeness (QED) is 0.597. The third-order valence-electron chi connectivity index (χ3n) is 3.96. The van der Waals surface area contributed by atoms with Gasteiger partial charge in [-0.25, -0.2) is 0 Å². The lowest BCUT2D eigenvalue weighted by molar-refractivity contribution is 0.375. The highest BCUT2D eigenvalue weighted by Crippen LogP contribution is 2.24. The van der Waals surface area contributed by atoms with Gasteiger partial charge in [0.05, 0.1) is 0 Å². The summed E-state index contributed by atoms with van der Waals surface area (Å²) in [5.41, 5.74) is 2.78. The van der Waals surface area contributed by atoms with E-state index in [0.29, 0.717) is 0 Å². The van der Waals surface area contributed by atoms with Crippen LogP contribution in [0, 0.1) is 13.8 Å². The molecule has 1 saturated carbocycles. The van der Waals surface area contributed by atoms with Crippen molar-refractivity contribution >= 4 is 11.8 Å². The van der Waals surface area contributed by atoms with Gasteiger partial charge >= 0.3 is 0 Å². The molecular formula is C17H27NS. The Kier molecular flexibility index (Phi) is 6.25. The number of hydrogen-bond donors (Lipinski definition) is 1. The summed E-state index contributed by atoms with van der Waals surface area (Å²) in [6.45, 7) is 5.57. The van der Waals surface area contributed by atoms with Gasteiger partial charge in [0.15, 0.2) is 0 Å². The van der Waals surface area contributed by atoms with Crippen LogP contribution in [0.5, 0.6) is 0 Å². The topological polar surface area (TPSA) is 12.0 Å². The molecule has 0 radical (unpaired) electrons. The zero-order chi connectivity index (χ0) is 13.5. The van der Waals surface area contributed by atoms with Gasteiger partial charge < -0.3 is 5.32 Å². The van der Waals surface area contributed by atoms with Crippen molar-refractivity contribution < 1.29 is 0 Å². The molecule has 2 rings (SSSR count). The maximum atomic E-state index is 3.72. The normalized spacial score (nSPS) is 16.7. The van der Waals surface area contributed by atoms with Crippen LogP contribution in [-0.2, 0) is 0 Å². The fourth-order valence-electron chi connectivity index (χ4n) is 2.73. The number of benzene rings is 1. The van der Waals surface area contributed by atoms with E-state index >= 15 is 0 Å². The smallest absolute Gasteiger partial charge is 0.0104 e. The largest absolute Gasteiger partial charge is 0.314 e. The van der Waals surface area contributed by atoms with Gasteiger partial charge in [0.1, 0.15) is 0 Å². The van der Waals surface area contributed by atoms with Gasteiger partial charge in [-0.3, -0.25) is 0 Å². The highest BCUT2D eigenvalue weighted by molar-refractivity contribution is 7.99. The Balaban J connectivity index is 1.62. The maximum absolute atomic E-state index is 3.72. The molecule has 0 amide bonds. The molecule has 0 spiro atoms. The predicted molar refractivity (Wildman–Crippen MR) is 86.1 cm³/mol. The van der Waals surface area contributed by atoms with Crippen molar-refractivity contribution in [2.24, 2.45) is 0 Å². The first-order valence-electron chi connectivity index (χ1n) is 7.69. The van der Waals surface area contributed by atoms with Crippen LogP contribution in [0.2, 0.25) is 0 Å². The van der Waals surface area contributed by atoms with E-state index in [9.17, 15) is 0 Å². The Morgan fingerprint density at radius 3 is 2.74 bits per heavy atom. The second-order valence-electron chi connectivity index (χ2n) is 5.76. The molecule has 1 aliphatic carbocycles. The predicted octanol–water partition coefficient (Wildman–Crippen LogP) is 4.71. The number of nitrogens with one attached hydrogen (secondary N) is 1. The van der Waals surface area contributed by atoms with Crippen LogP contribution in [-0.4, -0.2) is 18.3 Å². The molecule has 0 saturated heterocycles. The molecule has 0 atom stereocenters. The lowest BCUT2D eigenvalue weighted by Crippen LogP contribution is -2.31. The average molecular weight is 277 g/mol. The van der Waals surface area contributed by atoms with Crippen LogP contribution < -0.4 is 5.32 Å². The van der Waals surface area contributed by atoms with Crippen LogP contribution in [0.3, 0.4) is 0 Å². The van der Waals surface area contributed by atoms with E-state index in [1.807, 2.05) is 11.8 Å². The molecule has 1 aromatic carbocycles. The molecule has 0 aliphatic heterocycles. The summed E-state index contributed by atoms with van der Waals surface area (Å²) in [4.78, 5) is 1.46. The number of aryl methyl sites for hydroxylation is 2. The molecule has 0 bridgehead atoms. The van der Waals surface area contributed by atoms with Crippen LogP contribution in [0.4, 0.5) is 0 Å². The molecule has 0 unspecified atom stereocenters. The molecule has 2 heteroatoms. The van der Waals surface area contributed by atoms with E-state index in [1.54, 1.807) is 0 Å². The van der Waals surface area contributed by atoms with Gasteiger partial charge in [0.25, 0.3) is 0 Å². The van der Waals surface area contributed by atoms with Gasteiger partial charge in [0.2, 0.25) is 0 Å². The summed E-state index contributed by atoms with van der Waals surface area (Å²) in [5.74, 6) is 1.23. The molecule has 106 valence electrons. The number of rotatable bonds is 6. The Bertz CT molecular complexity index is 383. The SMILES string of the molecule is Cc1ccc(C)c(SCCCNC2CCCCC2)c1. The zero-order valence-electron chi connectivity index (χ0n) is 12.4. The van der Waals surface area contributed by atoms with Crippen molar-refractivity contribution in [3.05, 3.63) is 29.3 Å². The molecule has 1 fully saturated rings. The van der Waals surface area contributed by atoms with E-state index in [0.717, 1.165) is 6.04 Å². The second kappa shape index (κ2) is 7.96. The number of hydrogen-bond acceptors (Lipinski definition) is 2. The van der Waals surface area contributed by atoms with Gasteiger partial charge in [-0.1, -0.05) is 37.0 Å². The molecule has 0 heterocycles. The Labute approximate surface area is 122 Å². The lowest BCUT2D eigenvalue weighted by atomic mass is 9.95. The molecule has 0 aromatic heterocycles. The van der Waals surface area contributed by atoms with E-state index < -0.39 is 0 Å². The van der Waals surface area contributed by atoms with Gasteiger partial charge in [0, 0.05) is 10.9 Å². The third kappa shape index (κ3) is 5.19. The fourth-order valence-corrected chi connectivity index (χ4v) is 3.80. The Morgan fingerprint density at radius 1 is 1.16 bits per heavy atom. The Hall–Kier alpha value is -0.470. The molecule has 1 nitrogen and oxygen atoms in total. The first-order chi connectivity index (χ1) is 9.25. The van der Waals surface area contributed by atoms with Crippen LogP contribution in [0.25, 0.3) is 0 Å². The van der Waals surface area contributed by atoms with Gasteiger partial charge in [-0.15, -0.1) is 11.8 Å². The lowest BCUT2D eigenvalue weighted by Gasteiger charge is -2.22. The van der Waals surface area contributed by atoms with Gasteiger partial charge in [-0.05, 0) is 57.0 Å². The fraction of sp³-hybridized carbons (Fsp3) is 0.647. The summed E-state index contributed by atoms with van der Waals surface area (Å²) in [6.07, 6.45) is 8.35. The van der Waals surface area contributed by atoms with Crippen molar-refractivity contribution in [2.45, 2.75) is 63.3 Å². The first kappa shape index (κ1) is 14.9. The van der Waals surface area contributed by atoms with Crippen LogP contribution >= 0.6 is 11.8 Å². The van der Waals surface area contributed by atoms with E-state index in [4.69, 9.17) is 0 Å². The average Bonchev–Trinajstić information content (AvgIpc) is 2.43. The second-order valence-corrected chi connectivity index (χ2v) is 6.90. The molecule has 1 aromatic rings. The minimum absolute atomic E-state index is 0.805. The summed E-state index contributed by atoms with van der Waals surface area (Å²) in [6, 6.07) is 7.55. The minimum atomic E-state index is 0.805. The third-order valence-corrected chi connectivity index (χ3v) is 5.20. The van der Waals surface area contributed by atoms with Crippen LogP contribution in [0.1, 0.15) is 49.7 Å². The summed E-state index contributed by atoms with van der Waals surface area (Å²) in [5, 5.41) is 3.72. The van der Waals surface area contributed by atoms with E-state index in [2.05, 4.69) is 37.4 Å². The highest BCUT2D eigenvalue weighted by Gasteiger charge is 2.11. The summed E-state index contributed by atoms with van der Waals surface area (Å²) in [7, 11) is 0. The van der Waals surface area contributed by atoms with Crippen LogP contribution in [0.15, 0.2) is 23.1 Å². The molecule has 19 heavy (non-hydrogen) atoms. The van der Waals surface area contributed by atoms with E-state index in [-0.39, 0.29) is 0 Å². The number of thioether (sulfide) groups is 1. The Morgan fingerprint density at radius 2 is 1.95 bits per heavy atom. The van der Waals surface area contributed by atoms with Crippen molar-refractivity contribution in [1.29, 1.82) is 0 Å². The van der Waals surface area contributed by atoms with Crippen molar-refractivity contribution in [3.63, 3.8) is 0 Å². The minimum Gasteiger partial charge on any atom is -0.314 e. The van der Waals surface area contributed by atoms with Gasteiger partial charge in [-0.2, -0.15) is 0 Å². The summed E-state index contributed by atoms with van der Waals surface area (Å²) < 4.78 is 0. The monoisotopic (exact) mass is 277 g/mol. The molecule has 1 N–H and O–H groups in total. The maximum Gasteiger partial charge on any atom is 0.0104 e. The van der Waals surface area contributed by atoms with Crippen molar-refractivity contribution in [3.8, 4) is 0 Å². The molecular weight excluding hydrogens is 250 g/mol. The van der Waals surface area contributed by atoms with E-state index in [1.165, 1.54) is 66.8 Å². The van der Waals surface area contributed by atoms with Crippen molar-refractivity contribution in [2.75, 3.05) is 12.3 Å². The standard InChI is InChI=1S/C17H27NS/c1-14-9-10-15(2)17(13-14)19-12-6-11-18-16-7-4-3-5-8-16/h9-10,13,16,18H,3-8,11-12H2,1-2H3.